The van der Waals surface area contributed by atoms with E-state index in [0.717, 1.165) is 48.5 Å². The minimum Gasteiger partial charge on any atom is -0.497 e. The van der Waals surface area contributed by atoms with Gasteiger partial charge in [-0.05, 0) is 70.6 Å². The number of nitrogens with one attached hydrogen (secondary N) is 1. The zero-order chi connectivity index (χ0) is 24.3. The molecule has 6 nitrogen and oxygen atoms in total. The van der Waals surface area contributed by atoms with Crippen molar-refractivity contribution < 1.29 is 4.74 Å². The highest BCUT2D eigenvalue weighted by Crippen LogP contribution is 2.43. The minimum absolute atomic E-state index is 0.0839. The third kappa shape index (κ3) is 5.23. The zero-order valence-corrected chi connectivity index (χ0v) is 21.6. The first kappa shape index (κ1) is 24.6. The van der Waals surface area contributed by atoms with E-state index < -0.39 is 0 Å². The summed E-state index contributed by atoms with van der Waals surface area (Å²) in [5.41, 5.74) is 1.45. The predicted octanol–water partition coefficient (Wildman–Crippen LogP) is 7.17. The first-order chi connectivity index (χ1) is 16.2. The van der Waals surface area contributed by atoms with Crippen LogP contribution in [0.1, 0.15) is 63.9 Å². The van der Waals surface area contributed by atoms with Crippen LogP contribution in [0, 0.1) is 5.41 Å². The lowest BCUT2D eigenvalue weighted by Gasteiger charge is -2.35. The Kier molecular flexibility index (Phi) is 7.20. The maximum atomic E-state index is 6.42. The summed E-state index contributed by atoms with van der Waals surface area (Å²) in [5, 5.41) is 18.2. The average Bonchev–Trinajstić information content (AvgIpc) is 3.45. The molecule has 1 aliphatic carbocycles. The lowest BCUT2D eigenvalue weighted by molar-refractivity contribution is 0.254. The average molecular weight is 500 g/mol. The Morgan fingerprint density at radius 2 is 1.79 bits per heavy atom. The molecule has 0 amide bonds. The summed E-state index contributed by atoms with van der Waals surface area (Å²) in [5.74, 6) is 1.68. The van der Waals surface area contributed by atoms with Gasteiger partial charge in [0, 0.05) is 15.7 Å². The van der Waals surface area contributed by atoms with E-state index in [0.29, 0.717) is 10.0 Å². The van der Waals surface area contributed by atoms with Crippen molar-refractivity contribution in [3.05, 3.63) is 70.0 Å². The van der Waals surface area contributed by atoms with Gasteiger partial charge < -0.3 is 10.1 Å². The van der Waals surface area contributed by atoms with Crippen LogP contribution < -0.4 is 10.1 Å². The molecule has 3 aromatic rings. The molecular weight excluding hydrogens is 469 g/mol. The number of hydrogen-bond donors (Lipinski definition) is 1. The monoisotopic (exact) mass is 499 g/mol. The first-order valence-electron chi connectivity index (χ1n) is 11.6. The van der Waals surface area contributed by atoms with Gasteiger partial charge in [0.1, 0.15) is 5.75 Å². The van der Waals surface area contributed by atoms with Gasteiger partial charge in [-0.15, -0.1) is 5.10 Å². The molecule has 1 heterocycles. The molecule has 1 atom stereocenters. The second-order valence-electron chi connectivity index (χ2n) is 9.93. The molecular formula is C26H31Cl2N5O. The number of tetrazole rings is 1. The zero-order valence-electron chi connectivity index (χ0n) is 20.1. The van der Waals surface area contributed by atoms with Gasteiger partial charge in [0.15, 0.2) is 5.82 Å². The van der Waals surface area contributed by atoms with E-state index in [1.807, 2.05) is 47.2 Å². The van der Waals surface area contributed by atoms with Gasteiger partial charge in [-0.2, -0.15) is 0 Å². The number of nitrogens with zero attached hydrogens (tertiary/aromatic N) is 4. The van der Waals surface area contributed by atoms with Crippen molar-refractivity contribution in [1.82, 2.24) is 20.2 Å². The third-order valence-corrected chi connectivity index (χ3v) is 6.99. The van der Waals surface area contributed by atoms with Crippen LogP contribution in [0.25, 0.3) is 6.08 Å². The number of halogens is 2. The number of benzene rings is 2. The molecule has 1 unspecified atom stereocenters. The number of anilines is 1. The maximum Gasteiger partial charge on any atom is 0.177 e. The van der Waals surface area contributed by atoms with Crippen LogP contribution in [-0.4, -0.2) is 27.3 Å². The van der Waals surface area contributed by atoms with Crippen molar-refractivity contribution in [2.45, 2.75) is 58.0 Å². The Balaban J connectivity index is 1.71. The number of rotatable bonds is 7. The molecule has 1 saturated carbocycles. The molecule has 0 bridgehead atoms. The van der Waals surface area contributed by atoms with Crippen LogP contribution in [0.3, 0.4) is 0 Å². The number of methoxy groups -OCH3 is 1. The van der Waals surface area contributed by atoms with E-state index in [4.69, 9.17) is 27.9 Å². The first-order valence-corrected chi connectivity index (χ1v) is 12.3. The summed E-state index contributed by atoms with van der Waals surface area (Å²) in [7, 11) is 1.67. The Morgan fingerprint density at radius 3 is 2.41 bits per heavy atom. The van der Waals surface area contributed by atoms with Crippen molar-refractivity contribution in [2.24, 2.45) is 5.41 Å². The van der Waals surface area contributed by atoms with Gasteiger partial charge in [-0.3, -0.25) is 0 Å². The van der Waals surface area contributed by atoms with E-state index in [1.54, 1.807) is 13.2 Å². The maximum absolute atomic E-state index is 6.42. The normalized spacial score (nSPS) is 16.6. The van der Waals surface area contributed by atoms with Gasteiger partial charge in [0.05, 0.1) is 18.7 Å². The molecule has 0 spiro atoms. The molecule has 34 heavy (non-hydrogen) atoms. The fourth-order valence-corrected chi connectivity index (χ4v) is 5.07. The summed E-state index contributed by atoms with van der Waals surface area (Å²) >= 11 is 12.5. The van der Waals surface area contributed by atoms with Gasteiger partial charge >= 0.3 is 0 Å². The lowest BCUT2D eigenvalue weighted by Crippen LogP contribution is -2.38. The molecule has 4 rings (SSSR count). The second-order valence-corrected chi connectivity index (χ2v) is 10.8. The van der Waals surface area contributed by atoms with E-state index in [-0.39, 0.29) is 17.0 Å². The highest BCUT2D eigenvalue weighted by Gasteiger charge is 2.42. The molecule has 0 radical (unpaired) electrons. The van der Waals surface area contributed by atoms with Gasteiger partial charge in [-0.25, -0.2) is 4.68 Å². The Labute approximate surface area is 211 Å². The van der Waals surface area contributed by atoms with E-state index in [9.17, 15) is 0 Å². The summed E-state index contributed by atoms with van der Waals surface area (Å²) in [6.07, 6.45) is 8.31. The second kappa shape index (κ2) is 9.96. The van der Waals surface area contributed by atoms with Crippen LogP contribution in [0.5, 0.6) is 5.75 Å². The quantitative estimate of drug-likeness (QED) is 0.373. The third-order valence-electron chi connectivity index (χ3n) is 6.42. The fourth-order valence-electron chi connectivity index (χ4n) is 4.60. The standard InChI is InChI=1S/C26H31Cl2N5O/c1-25(2,3)23(14-8-18-7-9-19(27)17-22(18)28)33-24(30-31-32-33)26(15-5-6-16-26)29-20-10-12-21(34-4)13-11-20/h7-14,17,23,29H,5-6,15-16H2,1-4H3/b14-8+. The van der Waals surface area contributed by atoms with Gasteiger partial charge in [0.2, 0.25) is 0 Å². The van der Waals surface area contributed by atoms with Crippen molar-refractivity contribution in [2.75, 3.05) is 12.4 Å². The molecule has 1 N–H and O–H groups in total. The molecule has 180 valence electrons. The summed E-state index contributed by atoms with van der Waals surface area (Å²) in [6.45, 7) is 6.57. The predicted molar refractivity (Wildman–Crippen MR) is 139 cm³/mol. The summed E-state index contributed by atoms with van der Waals surface area (Å²) in [4.78, 5) is 0. The largest absolute Gasteiger partial charge is 0.497 e. The summed E-state index contributed by atoms with van der Waals surface area (Å²) < 4.78 is 7.29. The van der Waals surface area contributed by atoms with E-state index >= 15 is 0 Å². The molecule has 1 aromatic heterocycles. The van der Waals surface area contributed by atoms with Crippen LogP contribution in [-0.2, 0) is 5.54 Å². The van der Waals surface area contributed by atoms with E-state index in [2.05, 4.69) is 47.7 Å². The summed E-state index contributed by atoms with van der Waals surface area (Å²) in [6, 6.07) is 13.4. The highest BCUT2D eigenvalue weighted by molar-refractivity contribution is 6.35. The van der Waals surface area contributed by atoms with Crippen molar-refractivity contribution in [1.29, 1.82) is 0 Å². The topological polar surface area (TPSA) is 64.9 Å². The molecule has 0 saturated heterocycles. The Morgan fingerprint density at radius 1 is 1.09 bits per heavy atom. The fraction of sp³-hybridized carbons (Fsp3) is 0.423. The van der Waals surface area contributed by atoms with Crippen LogP contribution >= 0.6 is 23.2 Å². The van der Waals surface area contributed by atoms with Crippen LogP contribution in [0.2, 0.25) is 10.0 Å². The molecule has 1 aliphatic rings. The van der Waals surface area contributed by atoms with Crippen molar-refractivity contribution in [3.8, 4) is 5.75 Å². The van der Waals surface area contributed by atoms with Crippen LogP contribution in [0.15, 0.2) is 48.5 Å². The smallest absolute Gasteiger partial charge is 0.177 e. The van der Waals surface area contributed by atoms with Gasteiger partial charge in [-0.1, -0.05) is 75.0 Å². The van der Waals surface area contributed by atoms with Crippen molar-refractivity contribution in [3.63, 3.8) is 0 Å². The SMILES string of the molecule is COc1ccc(NC2(c3nnnn3C(/C=C/c3ccc(Cl)cc3Cl)C(C)(C)C)CCCC2)cc1. The lowest BCUT2D eigenvalue weighted by atomic mass is 9.85. The number of hydrogen-bond acceptors (Lipinski definition) is 5. The number of aromatic nitrogens is 4. The minimum atomic E-state index is -0.340. The van der Waals surface area contributed by atoms with Gasteiger partial charge in [0.25, 0.3) is 0 Å². The molecule has 2 aromatic carbocycles. The van der Waals surface area contributed by atoms with E-state index in [1.165, 1.54) is 0 Å². The Hall–Kier alpha value is -2.57. The highest BCUT2D eigenvalue weighted by atomic mass is 35.5. The Bertz CT molecular complexity index is 1140. The molecule has 8 heteroatoms. The van der Waals surface area contributed by atoms with Crippen LogP contribution in [0.4, 0.5) is 5.69 Å². The molecule has 1 fully saturated rings. The van der Waals surface area contributed by atoms with Crippen molar-refractivity contribution >= 4 is 35.0 Å². The number of ether oxygens (including phenoxy) is 1. The number of allylic oxidation sites excluding steroid dienone is 1. The molecule has 0 aliphatic heterocycles.